The number of aromatic nitrogens is 2. The van der Waals surface area contributed by atoms with Gasteiger partial charge in [0, 0.05) is 25.2 Å². The predicted octanol–water partition coefficient (Wildman–Crippen LogP) is 2.63. The number of ether oxygens (including phenoxy) is 2. The van der Waals surface area contributed by atoms with Crippen molar-refractivity contribution in [3.05, 3.63) is 36.2 Å². The number of rotatable bonds is 7. The lowest BCUT2D eigenvalue weighted by molar-refractivity contribution is -0.116. The molecule has 0 aliphatic heterocycles. The molecule has 22 heavy (non-hydrogen) atoms. The summed E-state index contributed by atoms with van der Waals surface area (Å²) in [5.74, 6) is 1.20. The van der Waals surface area contributed by atoms with Gasteiger partial charge < -0.3 is 14.8 Å². The summed E-state index contributed by atoms with van der Waals surface area (Å²) >= 11 is 0. The van der Waals surface area contributed by atoms with Crippen molar-refractivity contribution in [2.24, 2.45) is 0 Å². The summed E-state index contributed by atoms with van der Waals surface area (Å²) in [5, 5.41) is 7.02. The zero-order valence-electron chi connectivity index (χ0n) is 13.1. The number of aryl methyl sites for hydroxylation is 2. The van der Waals surface area contributed by atoms with Gasteiger partial charge >= 0.3 is 0 Å². The van der Waals surface area contributed by atoms with Crippen LogP contribution in [0.2, 0.25) is 0 Å². The molecule has 0 unspecified atom stereocenters. The van der Waals surface area contributed by atoms with Gasteiger partial charge in [-0.3, -0.25) is 9.48 Å². The fourth-order valence-electron chi connectivity index (χ4n) is 2.03. The number of amides is 1. The molecule has 0 saturated heterocycles. The largest absolute Gasteiger partial charge is 0.497 e. The van der Waals surface area contributed by atoms with Crippen molar-refractivity contribution in [1.29, 1.82) is 0 Å². The molecule has 0 spiro atoms. The van der Waals surface area contributed by atoms with E-state index in [2.05, 4.69) is 10.4 Å². The van der Waals surface area contributed by atoms with E-state index < -0.39 is 0 Å². The van der Waals surface area contributed by atoms with Gasteiger partial charge in [-0.05, 0) is 31.5 Å². The van der Waals surface area contributed by atoms with Crippen LogP contribution < -0.4 is 14.8 Å². The summed E-state index contributed by atoms with van der Waals surface area (Å²) in [4.78, 5) is 12.1. The van der Waals surface area contributed by atoms with Gasteiger partial charge in [-0.15, -0.1) is 0 Å². The average molecular weight is 303 g/mol. The van der Waals surface area contributed by atoms with Crippen LogP contribution in [0.3, 0.4) is 0 Å². The van der Waals surface area contributed by atoms with E-state index in [-0.39, 0.29) is 5.91 Å². The summed E-state index contributed by atoms with van der Waals surface area (Å²) in [6, 6.07) is 5.34. The van der Waals surface area contributed by atoms with Gasteiger partial charge in [-0.25, -0.2) is 0 Å². The van der Waals surface area contributed by atoms with Crippen LogP contribution in [0.25, 0.3) is 0 Å². The molecule has 1 amide bonds. The number of benzene rings is 1. The third-order valence-electron chi connectivity index (χ3n) is 3.09. The summed E-state index contributed by atoms with van der Waals surface area (Å²) < 4.78 is 12.5. The quantitative estimate of drug-likeness (QED) is 0.854. The Hall–Kier alpha value is -2.50. The van der Waals surface area contributed by atoms with Crippen LogP contribution in [-0.4, -0.2) is 29.4 Å². The van der Waals surface area contributed by atoms with Gasteiger partial charge in [-0.2, -0.15) is 5.10 Å². The highest BCUT2D eigenvalue weighted by Gasteiger charge is 2.10. The molecular weight excluding hydrogens is 282 g/mol. The number of methoxy groups -OCH3 is 1. The molecule has 6 nitrogen and oxygen atoms in total. The maximum atomic E-state index is 12.1. The highest BCUT2D eigenvalue weighted by atomic mass is 16.5. The Morgan fingerprint density at radius 1 is 1.41 bits per heavy atom. The Kier molecular flexibility index (Phi) is 5.41. The molecule has 1 heterocycles. The fraction of sp³-hybridized carbons (Fsp3) is 0.375. The molecule has 0 saturated carbocycles. The minimum absolute atomic E-state index is 0.0950. The molecule has 0 radical (unpaired) electrons. The standard InChI is InChI=1S/C16H21N3O3/c1-4-22-15-6-5-13(21-3)9-14(15)18-16(20)7-8-19-11-12(2)10-17-19/h5-6,9-11H,4,7-8H2,1-3H3,(H,18,20). The molecule has 0 bridgehead atoms. The lowest BCUT2D eigenvalue weighted by Gasteiger charge is -2.13. The molecule has 0 fully saturated rings. The highest BCUT2D eigenvalue weighted by Crippen LogP contribution is 2.29. The van der Waals surface area contributed by atoms with Crippen molar-refractivity contribution in [1.82, 2.24) is 9.78 Å². The molecule has 2 rings (SSSR count). The number of nitrogens with zero attached hydrogens (tertiary/aromatic N) is 2. The molecule has 0 aliphatic rings. The molecule has 6 heteroatoms. The van der Waals surface area contributed by atoms with E-state index in [0.717, 1.165) is 5.56 Å². The third kappa shape index (κ3) is 4.25. The van der Waals surface area contributed by atoms with Gasteiger partial charge in [0.15, 0.2) is 0 Å². The summed E-state index contributed by atoms with van der Waals surface area (Å²) in [7, 11) is 1.58. The molecule has 0 aliphatic carbocycles. The number of hydrogen-bond acceptors (Lipinski definition) is 4. The van der Waals surface area contributed by atoms with Crippen molar-refractivity contribution in [2.75, 3.05) is 19.0 Å². The number of carbonyl (C=O) groups excluding carboxylic acids is 1. The Morgan fingerprint density at radius 2 is 2.23 bits per heavy atom. The normalized spacial score (nSPS) is 10.3. The third-order valence-corrected chi connectivity index (χ3v) is 3.09. The first-order valence-corrected chi connectivity index (χ1v) is 7.22. The topological polar surface area (TPSA) is 65.4 Å². The second-order valence-electron chi connectivity index (χ2n) is 4.87. The summed E-state index contributed by atoms with van der Waals surface area (Å²) in [5.41, 5.74) is 1.69. The van der Waals surface area contributed by atoms with Crippen LogP contribution in [-0.2, 0) is 11.3 Å². The second-order valence-corrected chi connectivity index (χ2v) is 4.87. The molecular formula is C16H21N3O3. The second kappa shape index (κ2) is 7.49. The van der Waals surface area contributed by atoms with Crippen molar-refractivity contribution in [3.8, 4) is 11.5 Å². The predicted molar refractivity (Wildman–Crippen MR) is 84.4 cm³/mol. The van der Waals surface area contributed by atoms with Crippen molar-refractivity contribution in [3.63, 3.8) is 0 Å². The Bertz CT molecular complexity index is 637. The minimum atomic E-state index is -0.0950. The highest BCUT2D eigenvalue weighted by molar-refractivity contribution is 5.92. The van der Waals surface area contributed by atoms with Crippen molar-refractivity contribution in [2.45, 2.75) is 26.8 Å². The molecule has 1 aromatic carbocycles. The van der Waals surface area contributed by atoms with Crippen LogP contribution in [0.1, 0.15) is 18.9 Å². The zero-order valence-corrected chi connectivity index (χ0v) is 13.1. The first-order chi connectivity index (χ1) is 10.6. The number of anilines is 1. The smallest absolute Gasteiger partial charge is 0.226 e. The van der Waals surface area contributed by atoms with Crippen LogP contribution in [0.4, 0.5) is 5.69 Å². The maximum absolute atomic E-state index is 12.1. The van der Waals surface area contributed by atoms with E-state index in [1.807, 2.05) is 20.0 Å². The average Bonchev–Trinajstić information content (AvgIpc) is 2.93. The molecule has 2 aromatic rings. The molecule has 1 N–H and O–H groups in total. The first-order valence-electron chi connectivity index (χ1n) is 7.22. The molecule has 0 atom stereocenters. The Labute approximate surface area is 130 Å². The number of nitrogens with one attached hydrogen (secondary N) is 1. The van der Waals surface area contributed by atoms with Gasteiger partial charge in [0.1, 0.15) is 11.5 Å². The molecule has 118 valence electrons. The number of carbonyl (C=O) groups is 1. The van der Waals surface area contributed by atoms with E-state index in [4.69, 9.17) is 9.47 Å². The monoisotopic (exact) mass is 303 g/mol. The first kappa shape index (κ1) is 15.9. The van der Waals surface area contributed by atoms with E-state index in [9.17, 15) is 4.79 Å². The van der Waals surface area contributed by atoms with Gasteiger partial charge in [0.25, 0.3) is 0 Å². The van der Waals surface area contributed by atoms with Crippen molar-refractivity contribution >= 4 is 11.6 Å². The fourth-order valence-corrected chi connectivity index (χ4v) is 2.03. The minimum Gasteiger partial charge on any atom is -0.497 e. The van der Waals surface area contributed by atoms with Crippen molar-refractivity contribution < 1.29 is 14.3 Å². The Morgan fingerprint density at radius 3 is 2.86 bits per heavy atom. The van der Waals surface area contributed by atoms with Crippen LogP contribution in [0.15, 0.2) is 30.6 Å². The van der Waals surface area contributed by atoms with Crippen LogP contribution in [0, 0.1) is 6.92 Å². The van der Waals surface area contributed by atoms with Crippen LogP contribution >= 0.6 is 0 Å². The zero-order chi connectivity index (χ0) is 15.9. The SMILES string of the molecule is CCOc1ccc(OC)cc1NC(=O)CCn1cc(C)cn1. The van der Waals surface area contributed by atoms with E-state index in [1.54, 1.807) is 36.2 Å². The Balaban J connectivity index is 2.00. The van der Waals surface area contributed by atoms with Crippen LogP contribution in [0.5, 0.6) is 11.5 Å². The lowest BCUT2D eigenvalue weighted by atomic mass is 10.2. The van der Waals surface area contributed by atoms with E-state index >= 15 is 0 Å². The number of hydrogen-bond donors (Lipinski definition) is 1. The summed E-state index contributed by atoms with van der Waals surface area (Å²) in [6.07, 6.45) is 4.02. The van der Waals surface area contributed by atoms with E-state index in [1.165, 1.54) is 0 Å². The maximum Gasteiger partial charge on any atom is 0.226 e. The summed E-state index contributed by atoms with van der Waals surface area (Å²) in [6.45, 7) is 4.93. The van der Waals surface area contributed by atoms with Gasteiger partial charge in [0.2, 0.25) is 5.91 Å². The van der Waals surface area contributed by atoms with Gasteiger partial charge in [-0.1, -0.05) is 0 Å². The van der Waals surface area contributed by atoms with E-state index in [0.29, 0.717) is 36.8 Å². The molecule has 1 aromatic heterocycles. The lowest BCUT2D eigenvalue weighted by Crippen LogP contribution is -2.15. The van der Waals surface area contributed by atoms with Gasteiger partial charge in [0.05, 0.1) is 25.6 Å².